The van der Waals surface area contributed by atoms with E-state index in [4.69, 9.17) is 4.74 Å². The van der Waals surface area contributed by atoms with Crippen LogP contribution in [0.1, 0.15) is 30.9 Å². The molecule has 3 heterocycles. The molecule has 1 spiro atoms. The van der Waals surface area contributed by atoms with Gasteiger partial charge in [-0.25, -0.2) is 0 Å². The standard InChI is InChI=1S/C35H42BrN3O5/c1-4-17-37(18-5-2)32(41)28-29-33(42)39(26(23-40)20-24-13-9-7-10-14-24)31(35(29)21-27(36)30(28)44-35)34(43)38(19-6-3)22-25-15-11-8-12-16-25/h4,6-16,26-31,40H,1,3,5,17-23H2,2H3/t26-,27?,28+,29+,30+,31?,35?/m1/s1. The van der Waals surface area contributed by atoms with Crippen LogP contribution in [0.2, 0.25) is 0 Å². The van der Waals surface area contributed by atoms with Crippen LogP contribution < -0.4 is 0 Å². The summed E-state index contributed by atoms with van der Waals surface area (Å²) in [6.07, 6.45) is 4.32. The molecule has 8 nitrogen and oxygen atoms in total. The number of rotatable bonds is 14. The zero-order valence-corrected chi connectivity index (χ0v) is 26.8. The molecule has 0 aliphatic carbocycles. The minimum absolute atomic E-state index is 0.162. The summed E-state index contributed by atoms with van der Waals surface area (Å²) >= 11 is 3.77. The van der Waals surface area contributed by atoms with Crippen LogP contribution in [0.3, 0.4) is 0 Å². The average Bonchev–Trinajstić information content (AvgIpc) is 3.63. The highest BCUT2D eigenvalue weighted by atomic mass is 79.9. The lowest BCUT2D eigenvalue weighted by atomic mass is 9.70. The smallest absolute Gasteiger partial charge is 0.249 e. The first-order valence-corrected chi connectivity index (χ1v) is 16.3. The number of aliphatic hydroxyl groups excluding tert-OH is 1. The molecule has 1 N–H and O–H groups in total. The Kier molecular flexibility index (Phi) is 10.1. The van der Waals surface area contributed by atoms with Gasteiger partial charge in [-0.2, -0.15) is 0 Å². The minimum Gasteiger partial charge on any atom is -0.394 e. The van der Waals surface area contributed by atoms with Crippen molar-refractivity contribution >= 4 is 33.7 Å². The van der Waals surface area contributed by atoms with Gasteiger partial charge in [0.15, 0.2) is 0 Å². The molecule has 2 aromatic carbocycles. The van der Waals surface area contributed by atoms with Crippen molar-refractivity contribution in [3.8, 4) is 0 Å². The molecule has 3 aliphatic heterocycles. The van der Waals surface area contributed by atoms with Gasteiger partial charge in [-0.15, -0.1) is 13.2 Å². The molecule has 7 atom stereocenters. The molecule has 44 heavy (non-hydrogen) atoms. The van der Waals surface area contributed by atoms with Gasteiger partial charge < -0.3 is 24.5 Å². The number of carbonyl (C=O) groups is 3. The second-order valence-corrected chi connectivity index (χ2v) is 13.2. The number of nitrogens with zero attached hydrogens (tertiary/aromatic N) is 3. The first kappa shape index (κ1) is 32.1. The van der Waals surface area contributed by atoms with Crippen molar-refractivity contribution in [2.45, 2.75) is 61.3 Å². The molecule has 3 aliphatic rings. The molecular weight excluding hydrogens is 622 g/mol. The van der Waals surface area contributed by atoms with Crippen LogP contribution in [0.15, 0.2) is 86.0 Å². The van der Waals surface area contributed by atoms with Gasteiger partial charge in [-0.05, 0) is 30.4 Å². The monoisotopic (exact) mass is 663 g/mol. The predicted octanol–water partition coefficient (Wildman–Crippen LogP) is 3.98. The minimum atomic E-state index is -1.22. The van der Waals surface area contributed by atoms with Crippen molar-refractivity contribution in [3.63, 3.8) is 0 Å². The number of amides is 3. The van der Waals surface area contributed by atoms with Gasteiger partial charge in [-0.3, -0.25) is 14.4 Å². The molecule has 2 bridgehead atoms. The van der Waals surface area contributed by atoms with E-state index in [1.165, 1.54) is 0 Å². The largest absolute Gasteiger partial charge is 0.394 e. The maximum Gasteiger partial charge on any atom is 0.249 e. The summed E-state index contributed by atoms with van der Waals surface area (Å²) in [6.45, 7) is 10.9. The molecule has 3 fully saturated rings. The Labute approximate surface area is 268 Å². The van der Waals surface area contributed by atoms with E-state index < -0.39 is 35.6 Å². The molecule has 234 valence electrons. The molecule has 0 radical (unpaired) electrons. The fourth-order valence-electron chi connectivity index (χ4n) is 7.45. The lowest BCUT2D eigenvalue weighted by Gasteiger charge is -2.39. The average molecular weight is 665 g/mol. The summed E-state index contributed by atoms with van der Waals surface area (Å²) < 4.78 is 6.76. The van der Waals surface area contributed by atoms with Gasteiger partial charge in [0.25, 0.3) is 0 Å². The van der Waals surface area contributed by atoms with E-state index in [2.05, 4.69) is 29.1 Å². The number of alkyl halides is 1. The van der Waals surface area contributed by atoms with Crippen LogP contribution in [-0.2, 0) is 32.1 Å². The van der Waals surface area contributed by atoms with E-state index in [-0.39, 0.29) is 35.7 Å². The number of aliphatic hydroxyl groups is 1. The van der Waals surface area contributed by atoms with Crippen molar-refractivity contribution in [2.24, 2.45) is 11.8 Å². The molecule has 5 rings (SSSR count). The van der Waals surface area contributed by atoms with Crippen LogP contribution >= 0.6 is 15.9 Å². The number of hydrogen-bond acceptors (Lipinski definition) is 5. The summed E-state index contributed by atoms with van der Waals surface area (Å²) in [7, 11) is 0. The number of halogens is 1. The molecule has 3 amide bonds. The second-order valence-electron chi connectivity index (χ2n) is 12.0. The van der Waals surface area contributed by atoms with Gasteiger partial charge in [0.1, 0.15) is 11.6 Å². The number of hydrogen-bond donors (Lipinski definition) is 1. The van der Waals surface area contributed by atoms with E-state index in [0.717, 1.165) is 17.5 Å². The maximum absolute atomic E-state index is 14.8. The molecule has 0 saturated carbocycles. The van der Waals surface area contributed by atoms with Gasteiger partial charge in [-0.1, -0.05) is 95.7 Å². The summed E-state index contributed by atoms with van der Waals surface area (Å²) in [5.41, 5.74) is 0.654. The van der Waals surface area contributed by atoms with Crippen LogP contribution in [0.5, 0.6) is 0 Å². The fraction of sp³-hybridized carbons (Fsp3) is 0.457. The summed E-state index contributed by atoms with van der Waals surface area (Å²) in [5, 5.41) is 10.8. The first-order chi connectivity index (χ1) is 21.3. The van der Waals surface area contributed by atoms with E-state index in [1.54, 1.807) is 26.9 Å². The number of carbonyl (C=O) groups excluding carboxylic acids is 3. The van der Waals surface area contributed by atoms with E-state index in [9.17, 15) is 19.5 Å². The molecule has 2 aromatic rings. The lowest BCUT2D eigenvalue weighted by Crippen LogP contribution is -2.59. The van der Waals surface area contributed by atoms with Crippen LogP contribution in [0, 0.1) is 11.8 Å². The highest BCUT2D eigenvalue weighted by molar-refractivity contribution is 9.09. The van der Waals surface area contributed by atoms with Gasteiger partial charge in [0.05, 0.1) is 30.6 Å². The summed E-state index contributed by atoms with van der Waals surface area (Å²) in [4.78, 5) is 48.5. The summed E-state index contributed by atoms with van der Waals surface area (Å²) in [5.74, 6) is -2.36. The molecule has 3 unspecified atom stereocenters. The van der Waals surface area contributed by atoms with Crippen LogP contribution in [0.25, 0.3) is 0 Å². The highest BCUT2D eigenvalue weighted by Gasteiger charge is 2.77. The van der Waals surface area contributed by atoms with E-state index in [0.29, 0.717) is 32.5 Å². The number of benzene rings is 2. The van der Waals surface area contributed by atoms with Gasteiger partial charge >= 0.3 is 0 Å². The Morgan fingerprint density at radius 3 is 2.25 bits per heavy atom. The Hall–Kier alpha value is -3.27. The van der Waals surface area contributed by atoms with E-state index >= 15 is 0 Å². The normalized spacial score (nSPS) is 27.6. The molecule has 0 aromatic heterocycles. The zero-order chi connectivity index (χ0) is 31.4. The maximum atomic E-state index is 14.8. The Morgan fingerprint density at radius 2 is 1.66 bits per heavy atom. The summed E-state index contributed by atoms with van der Waals surface area (Å²) in [6, 6.07) is 17.6. The number of ether oxygens (including phenoxy) is 1. The Balaban J connectivity index is 1.59. The third kappa shape index (κ3) is 5.77. The van der Waals surface area contributed by atoms with Crippen molar-refractivity contribution in [3.05, 3.63) is 97.1 Å². The van der Waals surface area contributed by atoms with Crippen LogP contribution in [0.4, 0.5) is 0 Å². The quantitative estimate of drug-likeness (QED) is 0.244. The second kappa shape index (κ2) is 13.8. The molecule has 3 saturated heterocycles. The lowest BCUT2D eigenvalue weighted by molar-refractivity contribution is -0.152. The molecule has 9 heteroatoms. The fourth-order valence-corrected chi connectivity index (χ4v) is 8.40. The van der Waals surface area contributed by atoms with Crippen molar-refractivity contribution in [2.75, 3.05) is 26.2 Å². The van der Waals surface area contributed by atoms with Crippen molar-refractivity contribution < 1.29 is 24.2 Å². The highest BCUT2D eigenvalue weighted by Crippen LogP contribution is 2.61. The van der Waals surface area contributed by atoms with Crippen LogP contribution in [-0.4, -0.2) is 92.4 Å². The van der Waals surface area contributed by atoms with Crippen molar-refractivity contribution in [1.82, 2.24) is 14.7 Å². The third-order valence-corrected chi connectivity index (χ3v) is 10.0. The Morgan fingerprint density at radius 1 is 1.05 bits per heavy atom. The molecular formula is C35H42BrN3O5. The topological polar surface area (TPSA) is 90.4 Å². The third-order valence-electron chi connectivity index (χ3n) is 9.20. The van der Waals surface area contributed by atoms with Gasteiger partial charge in [0.2, 0.25) is 17.7 Å². The number of likely N-dealkylation sites (tertiary alicyclic amines) is 1. The van der Waals surface area contributed by atoms with Crippen molar-refractivity contribution in [1.29, 1.82) is 0 Å². The predicted molar refractivity (Wildman–Crippen MR) is 173 cm³/mol. The Bertz CT molecular complexity index is 1360. The SMILES string of the molecule is C=CCN(Cc1ccccc1)C(=O)C1N([C@@H](CO)Cc2ccccc2)C(=O)[C@@H]2[C@H](C(=O)N(CC=C)CCC)[C@H]3OC12CC3Br. The van der Waals surface area contributed by atoms with Gasteiger partial charge in [0, 0.05) is 31.0 Å². The number of fused-ring (bicyclic) bond motifs is 1. The van der Waals surface area contributed by atoms with E-state index in [1.807, 2.05) is 67.6 Å². The first-order valence-electron chi connectivity index (χ1n) is 15.4. The zero-order valence-electron chi connectivity index (χ0n) is 25.3.